The van der Waals surface area contributed by atoms with Crippen LogP contribution < -0.4 is 0 Å². The lowest BCUT2D eigenvalue weighted by atomic mass is 10.2. The summed E-state index contributed by atoms with van der Waals surface area (Å²) in [4.78, 5) is 0. The molecule has 0 radical (unpaired) electrons. The van der Waals surface area contributed by atoms with Gasteiger partial charge in [0.2, 0.25) is 0 Å². The van der Waals surface area contributed by atoms with Gasteiger partial charge in [0.15, 0.2) is 23.0 Å². The van der Waals surface area contributed by atoms with Gasteiger partial charge in [0, 0.05) is 52.5 Å². The second-order valence-corrected chi connectivity index (χ2v) is 12.6. The van der Waals surface area contributed by atoms with Crippen LogP contribution in [0.5, 0.6) is 23.0 Å². The Kier molecular flexibility index (Phi) is 5.63. The van der Waals surface area contributed by atoms with Crippen molar-refractivity contribution in [1.29, 1.82) is 0 Å². The summed E-state index contributed by atoms with van der Waals surface area (Å²) in [5.41, 5.74) is 0. The maximum Gasteiger partial charge on any atom is 0.158 e. The molecule has 37 heavy (non-hydrogen) atoms. The number of hydrogen-bond acceptors (Lipinski definition) is 8. The minimum Gasteiger partial charge on any atom is -0.504 e. The summed E-state index contributed by atoms with van der Waals surface area (Å²) in [5.74, 6) is -0.222. The first-order chi connectivity index (χ1) is 17.5. The molecule has 0 unspecified atom stereocenters. The minimum absolute atomic E-state index is 0. The van der Waals surface area contributed by atoms with Crippen molar-refractivity contribution in [2.24, 2.45) is 0 Å². The van der Waals surface area contributed by atoms with Crippen LogP contribution in [-0.2, 0) is 0 Å². The highest BCUT2D eigenvalue weighted by molar-refractivity contribution is 7.37. The van der Waals surface area contributed by atoms with Gasteiger partial charge in [0.05, 0.1) is 18.8 Å². The molecule has 0 fully saturated rings. The second-order valence-electron chi connectivity index (χ2n) is 8.39. The van der Waals surface area contributed by atoms with E-state index in [1.807, 2.05) is 24.3 Å². The molecule has 184 valence electrons. The lowest BCUT2D eigenvalue weighted by Crippen LogP contribution is -1.67. The molecule has 0 atom stereocenters. The fraction of sp³-hybridized carbons (Fsp3) is 0. The monoisotopic (exact) mass is 562 g/mol. The van der Waals surface area contributed by atoms with Crippen LogP contribution in [0.1, 0.15) is 0 Å². The van der Waals surface area contributed by atoms with E-state index in [4.69, 9.17) is 0 Å². The van der Waals surface area contributed by atoms with E-state index >= 15 is 0 Å². The minimum atomic E-state index is -0.0559. The molecule has 0 saturated heterocycles. The zero-order valence-corrected chi connectivity index (χ0v) is 22.1. The van der Waals surface area contributed by atoms with E-state index in [-0.39, 0.29) is 28.5 Å². The number of fused-ring (bicyclic) bond motifs is 10. The van der Waals surface area contributed by atoms with Crippen molar-refractivity contribution in [2.75, 3.05) is 0 Å². The largest absolute Gasteiger partial charge is 0.504 e. The van der Waals surface area contributed by atoms with Crippen molar-refractivity contribution in [2.45, 2.75) is 0 Å². The first kappa shape index (κ1) is 23.8. The van der Waals surface area contributed by atoms with E-state index in [1.54, 1.807) is 69.6 Å². The van der Waals surface area contributed by atoms with Crippen molar-refractivity contribution < 1.29 is 25.9 Å². The SMILES string of the molecule is O.Oc1cc2sc3c4ccccc4sc3c2cc1O.Oc1cc2sc3c4ccccc4sc3c2cc1O. The van der Waals surface area contributed by atoms with Crippen LogP contribution in [0, 0.1) is 0 Å². The van der Waals surface area contributed by atoms with Crippen molar-refractivity contribution >= 4 is 104 Å². The molecular formula is C28H18O5S4. The van der Waals surface area contributed by atoms with Gasteiger partial charge in [0.1, 0.15) is 0 Å². The topological polar surface area (TPSA) is 112 Å². The van der Waals surface area contributed by atoms with E-state index in [2.05, 4.69) is 24.3 Å². The molecule has 4 aromatic heterocycles. The lowest BCUT2D eigenvalue weighted by molar-refractivity contribution is 0.405. The highest BCUT2D eigenvalue weighted by Gasteiger charge is 2.15. The predicted molar refractivity (Wildman–Crippen MR) is 160 cm³/mol. The normalized spacial score (nSPS) is 11.5. The first-order valence-corrected chi connectivity index (χ1v) is 14.3. The summed E-state index contributed by atoms with van der Waals surface area (Å²) >= 11 is 6.78. The van der Waals surface area contributed by atoms with Gasteiger partial charge in [-0.25, -0.2) is 0 Å². The molecule has 5 nitrogen and oxygen atoms in total. The number of phenolic OH excluding ortho intramolecular Hbond substituents is 4. The van der Waals surface area contributed by atoms with Gasteiger partial charge in [-0.3, -0.25) is 0 Å². The van der Waals surface area contributed by atoms with Crippen LogP contribution in [0.15, 0.2) is 72.8 Å². The number of benzene rings is 4. The summed E-state index contributed by atoms with van der Waals surface area (Å²) < 4.78 is 9.38. The van der Waals surface area contributed by atoms with E-state index in [1.165, 1.54) is 39.0 Å². The van der Waals surface area contributed by atoms with E-state index in [9.17, 15) is 20.4 Å². The number of thiophene rings is 4. The van der Waals surface area contributed by atoms with Crippen LogP contribution in [0.2, 0.25) is 0 Å². The Labute approximate surface area is 225 Å². The molecule has 6 N–H and O–H groups in total. The van der Waals surface area contributed by atoms with Crippen molar-refractivity contribution in [3.63, 3.8) is 0 Å². The summed E-state index contributed by atoms with van der Waals surface area (Å²) in [7, 11) is 0. The Morgan fingerprint density at radius 3 is 1.14 bits per heavy atom. The molecule has 0 aliphatic carbocycles. The maximum atomic E-state index is 9.63. The standard InChI is InChI=1S/2C14H8O2S2.H2O/c2*15-9-5-8-12(6-10(9)16)18-13-7-3-1-2-4-11(7)17-14(8)13;/h2*1-6,15-16H;1H2. The van der Waals surface area contributed by atoms with Crippen LogP contribution in [0.25, 0.3) is 59.1 Å². The molecule has 9 heteroatoms. The summed E-state index contributed by atoms with van der Waals surface area (Å²) in [6.07, 6.45) is 0. The van der Waals surface area contributed by atoms with Gasteiger partial charge in [-0.2, -0.15) is 0 Å². The molecule has 8 rings (SSSR count). The highest BCUT2D eigenvalue weighted by Crippen LogP contribution is 2.47. The molecule has 0 bridgehead atoms. The Hall–Kier alpha value is -3.60. The van der Waals surface area contributed by atoms with Gasteiger partial charge < -0.3 is 25.9 Å². The van der Waals surface area contributed by atoms with Crippen LogP contribution in [-0.4, -0.2) is 25.9 Å². The Morgan fingerprint density at radius 1 is 0.378 bits per heavy atom. The fourth-order valence-corrected chi connectivity index (χ4v) is 9.78. The van der Waals surface area contributed by atoms with Crippen LogP contribution in [0.3, 0.4) is 0 Å². The zero-order valence-electron chi connectivity index (χ0n) is 18.9. The average molecular weight is 563 g/mol. The van der Waals surface area contributed by atoms with Gasteiger partial charge in [-0.15, -0.1) is 45.3 Å². The van der Waals surface area contributed by atoms with Crippen molar-refractivity contribution in [3.8, 4) is 23.0 Å². The molecule has 0 spiro atoms. The highest BCUT2D eigenvalue weighted by atomic mass is 32.1. The third-order valence-corrected chi connectivity index (χ3v) is 11.2. The van der Waals surface area contributed by atoms with E-state index in [0.717, 1.165) is 20.2 Å². The number of rotatable bonds is 0. The fourth-order valence-electron chi connectivity index (χ4n) is 4.46. The lowest BCUT2D eigenvalue weighted by Gasteiger charge is -1.96. The molecule has 0 saturated carbocycles. The van der Waals surface area contributed by atoms with Crippen molar-refractivity contribution in [1.82, 2.24) is 0 Å². The molecule has 0 aliphatic rings. The second kappa shape index (κ2) is 8.76. The number of hydrogen-bond donors (Lipinski definition) is 4. The molecule has 0 amide bonds. The first-order valence-electron chi connectivity index (χ1n) is 11.0. The van der Waals surface area contributed by atoms with Crippen LogP contribution in [0.4, 0.5) is 0 Å². The summed E-state index contributed by atoms with van der Waals surface area (Å²) in [5, 5.41) is 42.9. The van der Waals surface area contributed by atoms with Gasteiger partial charge in [0.25, 0.3) is 0 Å². The van der Waals surface area contributed by atoms with Crippen LogP contribution >= 0.6 is 45.3 Å². The average Bonchev–Trinajstić information content (AvgIpc) is 3.60. The third-order valence-electron chi connectivity index (χ3n) is 6.17. The molecule has 8 aromatic rings. The Bertz CT molecular complexity index is 1960. The summed E-state index contributed by atoms with van der Waals surface area (Å²) in [6.45, 7) is 0. The van der Waals surface area contributed by atoms with E-state index < -0.39 is 0 Å². The van der Waals surface area contributed by atoms with Gasteiger partial charge in [-0.1, -0.05) is 36.4 Å². The van der Waals surface area contributed by atoms with Gasteiger partial charge >= 0.3 is 0 Å². The molecule has 4 heterocycles. The van der Waals surface area contributed by atoms with E-state index in [0.29, 0.717) is 0 Å². The smallest absolute Gasteiger partial charge is 0.158 e. The number of phenols is 4. The summed E-state index contributed by atoms with van der Waals surface area (Å²) in [6, 6.07) is 23.2. The predicted octanol–water partition coefficient (Wildman–Crippen LogP) is 8.54. The van der Waals surface area contributed by atoms with Gasteiger partial charge in [-0.05, 0) is 24.3 Å². The molecular weight excluding hydrogens is 545 g/mol. The molecule has 4 aromatic carbocycles. The third kappa shape index (κ3) is 3.66. The molecule has 0 aliphatic heterocycles. The zero-order chi connectivity index (χ0) is 24.6. The van der Waals surface area contributed by atoms with Crippen molar-refractivity contribution in [3.05, 3.63) is 72.8 Å². The Morgan fingerprint density at radius 2 is 0.703 bits per heavy atom. The number of aromatic hydroxyl groups is 4. The quantitative estimate of drug-likeness (QED) is 0.139. The maximum absolute atomic E-state index is 9.63. The Balaban J connectivity index is 0.000000133.